The molecule has 46 heavy (non-hydrogen) atoms. The van der Waals surface area contributed by atoms with Gasteiger partial charge in [-0.1, -0.05) is 116 Å². The molecule has 0 heterocycles. The average Bonchev–Trinajstić information content (AvgIpc) is 3.07. The summed E-state index contributed by atoms with van der Waals surface area (Å²) in [5, 5.41) is 3.25. The van der Waals surface area contributed by atoms with Crippen molar-refractivity contribution in [3.05, 3.63) is 131 Å². The predicted octanol–water partition coefficient (Wildman–Crippen LogP) is 6.59. The van der Waals surface area contributed by atoms with Crippen molar-refractivity contribution in [1.82, 2.24) is 10.2 Å². The van der Waals surface area contributed by atoms with Crippen molar-refractivity contribution < 1.29 is 18.0 Å². The molecule has 0 unspecified atom stereocenters. The molecule has 2 amide bonds. The van der Waals surface area contributed by atoms with Gasteiger partial charge in [0.05, 0.1) is 10.6 Å². The third-order valence-corrected chi connectivity index (χ3v) is 10.4. The van der Waals surface area contributed by atoms with Crippen LogP contribution in [0.1, 0.15) is 54.4 Å². The first-order chi connectivity index (χ1) is 22.2. The largest absolute Gasteiger partial charge is 0.352 e. The minimum Gasteiger partial charge on any atom is -0.352 e. The minimum atomic E-state index is -4.13. The molecule has 5 rings (SSSR count). The first-order valence-electron chi connectivity index (χ1n) is 16.0. The van der Waals surface area contributed by atoms with E-state index in [1.54, 1.807) is 29.2 Å². The van der Waals surface area contributed by atoms with E-state index in [2.05, 4.69) is 5.32 Å². The summed E-state index contributed by atoms with van der Waals surface area (Å²) in [5.74, 6) is -0.674. The van der Waals surface area contributed by atoms with E-state index >= 15 is 0 Å². The fourth-order valence-electron chi connectivity index (χ4n) is 6.20. The molecule has 1 aliphatic rings. The molecular weight excluding hydrogens is 595 g/mol. The van der Waals surface area contributed by atoms with Crippen LogP contribution in [-0.4, -0.2) is 43.8 Å². The second kappa shape index (κ2) is 15.2. The Morgan fingerprint density at radius 2 is 1.37 bits per heavy atom. The Morgan fingerprint density at radius 1 is 0.783 bits per heavy atom. The van der Waals surface area contributed by atoms with Crippen LogP contribution < -0.4 is 9.62 Å². The van der Waals surface area contributed by atoms with Crippen LogP contribution >= 0.6 is 0 Å². The highest BCUT2D eigenvalue weighted by Crippen LogP contribution is 2.29. The van der Waals surface area contributed by atoms with Gasteiger partial charge < -0.3 is 10.2 Å². The quantitative estimate of drug-likeness (QED) is 0.190. The molecule has 0 spiro atoms. The number of rotatable bonds is 12. The van der Waals surface area contributed by atoms with E-state index in [1.165, 1.54) is 16.4 Å². The van der Waals surface area contributed by atoms with Crippen molar-refractivity contribution >= 4 is 27.5 Å². The molecule has 4 aromatic carbocycles. The van der Waals surface area contributed by atoms with Gasteiger partial charge in [-0.25, -0.2) is 8.42 Å². The van der Waals surface area contributed by atoms with Crippen LogP contribution in [0.2, 0.25) is 0 Å². The maximum absolute atomic E-state index is 14.7. The monoisotopic (exact) mass is 637 g/mol. The van der Waals surface area contributed by atoms with Gasteiger partial charge in [0.1, 0.15) is 12.6 Å². The first-order valence-corrected chi connectivity index (χ1v) is 17.5. The van der Waals surface area contributed by atoms with E-state index in [4.69, 9.17) is 0 Å². The van der Waals surface area contributed by atoms with Crippen LogP contribution in [-0.2, 0) is 32.6 Å². The molecule has 4 aromatic rings. The van der Waals surface area contributed by atoms with Crippen LogP contribution in [0.3, 0.4) is 0 Å². The van der Waals surface area contributed by atoms with Crippen LogP contribution in [0.15, 0.2) is 114 Å². The van der Waals surface area contributed by atoms with Crippen LogP contribution in [0.5, 0.6) is 0 Å². The van der Waals surface area contributed by atoms with Gasteiger partial charge in [0.2, 0.25) is 11.8 Å². The van der Waals surface area contributed by atoms with E-state index in [9.17, 15) is 18.0 Å². The summed E-state index contributed by atoms with van der Waals surface area (Å²) >= 11 is 0. The van der Waals surface area contributed by atoms with Gasteiger partial charge >= 0.3 is 0 Å². The van der Waals surface area contributed by atoms with Crippen molar-refractivity contribution in [3.63, 3.8) is 0 Å². The highest BCUT2D eigenvalue weighted by molar-refractivity contribution is 7.92. The maximum Gasteiger partial charge on any atom is 0.264 e. The molecule has 1 aliphatic carbocycles. The summed E-state index contributed by atoms with van der Waals surface area (Å²) < 4.78 is 29.6. The molecule has 0 bridgehead atoms. The molecule has 8 heteroatoms. The summed E-state index contributed by atoms with van der Waals surface area (Å²) in [6, 6.07) is 32.1. The van der Waals surface area contributed by atoms with Crippen LogP contribution in [0.25, 0.3) is 0 Å². The van der Waals surface area contributed by atoms with Crippen molar-refractivity contribution in [2.75, 3.05) is 10.8 Å². The summed E-state index contributed by atoms with van der Waals surface area (Å²) in [7, 11) is -4.13. The highest BCUT2D eigenvalue weighted by atomic mass is 32.2. The molecule has 1 N–H and O–H groups in total. The number of amides is 2. The van der Waals surface area contributed by atoms with Crippen LogP contribution in [0.4, 0.5) is 5.69 Å². The van der Waals surface area contributed by atoms with Gasteiger partial charge in [-0.3, -0.25) is 13.9 Å². The van der Waals surface area contributed by atoms with E-state index in [1.807, 2.05) is 86.6 Å². The Balaban J connectivity index is 1.56. The fourth-order valence-corrected chi connectivity index (χ4v) is 7.70. The Kier molecular flexibility index (Phi) is 10.9. The third kappa shape index (κ3) is 8.23. The Hall–Kier alpha value is -4.43. The molecule has 1 atom stereocenters. The lowest BCUT2D eigenvalue weighted by atomic mass is 9.94. The lowest BCUT2D eigenvalue weighted by Gasteiger charge is -2.35. The Morgan fingerprint density at radius 3 is 1.98 bits per heavy atom. The number of benzene rings is 4. The number of nitrogens with one attached hydrogen (secondary N) is 1. The number of hydrogen-bond acceptors (Lipinski definition) is 4. The number of aryl methyl sites for hydroxylation is 2. The lowest BCUT2D eigenvalue weighted by molar-refractivity contribution is -0.140. The van der Waals surface area contributed by atoms with Gasteiger partial charge in [-0.05, 0) is 61.6 Å². The number of nitrogens with zero attached hydrogens (tertiary/aromatic N) is 2. The molecule has 1 fully saturated rings. The molecule has 7 nitrogen and oxygen atoms in total. The number of carbonyl (C=O) groups excluding carboxylic acids is 2. The zero-order valence-corrected chi connectivity index (χ0v) is 27.5. The van der Waals surface area contributed by atoms with Crippen molar-refractivity contribution in [3.8, 4) is 0 Å². The van der Waals surface area contributed by atoms with Crippen molar-refractivity contribution in [2.24, 2.45) is 0 Å². The van der Waals surface area contributed by atoms with Gasteiger partial charge in [0.25, 0.3) is 10.0 Å². The molecule has 240 valence electrons. The SMILES string of the molecule is Cc1ccc(N(CC(=O)N(Cc2ccccc2)[C@H](Cc2ccccc2)C(=O)NC2CCCCC2)S(=O)(=O)c2ccccc2)c(C)c1. The number of hydrogen-bond donors (Lipinski definition) is 1. The summed E-state index contributed by atoms with van der Waals surface area (Å²) in [6.07, 6.45) is 5.39. The standard InChI is InChI=1S/C38H43N3O4S/c1-29-23-24-35(30(2)25-29)41(46(44,45)34-21-13-6-14-22-34)28-37(42)40(27-32-17-9-4-10-18-32)36(26-31-15-7-3-8-16-31)38(43)39-33-19-11-5-12-20-33/h3-4,6-10,13-18,21-25,33,36H,5,11-12,19-20,26-28H2,1-2H3,(H,39,43)/t36-/m1/s1. The van der Waals surface area contributed by atoms with E-state index in [0.717, 1.165) is 54.4 Å². The molecule has 0 saturated heterocycles. The molecule has 0 radical (unpaired) electrons. The number of anilines is 1. The fraction of sp³-hybridized carbons (Fsp3) is 0.316. The maximum atomic E-state index is 14.7. The smallest absolute Gasteiger partial charge is 0.264 e. The molecular formula is C38H43N3O4S. The van der Waals surface area contributed by atoms with Gasteiger partial charge in [-0.2, -0.15) is 0 Å². The molecule has 0 aliphatic heterocycles. The summed E-state index contributed by atoms with van der Waals surface area (Å²) in [4.78, 5) is 30.5. The normalized spacial score (nSPS) is 14.3. The van der Waals surface area contributed by atoms with E-state index in [-0.39, 0.29) is 23.4 Å². The average molecular weight is 638 g/mol. The van der Waals surface area contributed by atoms with E-state index < -0.39 is 28.5 Å². The summed E-state index contributed by atoms with van der Waals surface area (Å²) in [6.45, 7) is 3.48. The second-order valence-corrected chi connectivity index (χ2v) is 14.0. The zero-order chi connectivity index (χ0) is 32.5. The highest BCUT2D eigenvalue weighted by Gasteiger charge is 2.35. The topological polar surface area (TPSA) is 86.8 Å². The third-order valence-electron chi connectivity index (χ3n) is 8.65. The number of sulfonamides is 1. The number of carbonyl (C=O) groups is 2. The first kappa shape index (κ1) is 32.9. The minimum absolute atomic E-state index is 0.0540. The molecule has 0 aromatic heterocycles. The molecule has 1 saturated carbocycles. The predicted molar refractivity (Wildman–Crippen MR) is 183 cm³/mol. The van der Waals surface area contributed by atoms with Gasteiger partial charge in [-0.15, -0.1) is 0 Å². The van der Waals surface area contributed by atoms with Gasteiger partial charge in [0.15, 0.2) is 0 Å². The van der Waals surface area contributed by atoms with Crippen molar-refractivity contribution in [1.29, 1.82) is 0 Å². The van der Waals surface area contributed by atoms with E-state index in [0.29, 0.717) is 12.1 Å². The lowest BCUT2D eigenvalue weighted by Crippen LogP contribution is -2.55. The second-order valence-electron chi connectivity index (χ2n) is 12.2. The Bertz CT molecular complexity index is 1710. The summed E-state index contributed by atoms with van der Waals surface area (Å²) in [5.41, 5.74) is 3.91. The van der Waals surface area contributed by atoms with Crippen LogP contribution in [0, 0.1) is 13.8 Å². The van der Waals surface area contributed by atoms with Gasteiger partial charge in [0, 0.05) is 19.0 Å². The van der Waals surface area contributed by atoms with Crippen molar-refractivity contribution in [2.45, 2.75) is 75.9 Å². The Labute approximate surface area is 273 Å². The zero-order valence-electron chi connectivity index (χ0n) is 26.6.